The first kappa shape index (κ1) is 16.7. The number of aromatic carboxylic acids is 1. The maximum Gasteiger partial charge on any atom is 0.335 e. The van der Waals surface area contributed by atoms with Crippen LogP contribution in [0, 0.1) is 13.8 Å². The first-order valence-corrected chi connectivity index (χ1v) is 7.46. The molecule has 0 saturated heterocycles. The molecule has 0 aliphatic carbocycles. The first-order chi connectivity index (χ1) is 10.9. The number of nitrogens with one attached hydrogen (secondary N) is 1. The SMILES string of the molecule is Cc1nn(C)c(C)c1CC(=O)NCCc1ccc(C(=O)O)cc1. The van der Waals surface area contributed by atoms with Crippen LogP contribution in [0.4, 0.5) is 0 Å². The number of carboxylic acids is 1. The predicted molar refractivity (Wildman–Crippen MR) is 86.5 cm³/mol. The molecular formula is C17H21N3O3. The number of hydrogen-bond donors (Lipinski definition) is 2. The summed E-state index contributed by atoms with van der Waals surface area (Å²) < 4.78 is 1.78. The molecule has 6 nitrogen and oxygen atoms in total. The standard InChI is InChI=1S/C17H21N3O3/c1-11-15(12(2)20(3)19-11)10-16(21)18-9-8-13-4-6-14(7-5-13)17(22)23/h4-7H,8-10H2,1-3H3,(H,18,21)(H,22,23). The number of nitrogens with zero attached hydrogens (tertiary/aromatic N) is 2. The number of amides is 1. The largest absolute Gasteiger partial charge is 0.478 e. The summed E-state index contributed by atoms with van der Waals surface area (Å²) in [6.07, 6.45) is 0.986. The van der Waals surface area contributed by atoms with Crippen molar-refractivity contribution in [3.8, 4) is 0 Å². The van der Waals surface area contributed by atoms with Gasteiger partial charge in [0, 0.05) is 24.8 Å². The molecule has 6 heteroatoms. The molecule has 0 atom stereocenters. The summed E-state index contributed by atoms with van der Waals surface area (Å²) in [5.41, 5.74) is 4.10. The van der Waals surface area contributed by atoms with Crippen molar-refractivity contribution in [1.29, 1.82) is 0 Å². The van der Waals surface area contributed by atoms with Gasteiger partial charge in [0.1, 0.15) is 0 Å². The van der Waals surface area contributed by atoms with E-state index < -0.39 is 5.97 Å². The third-order valence-electron chi connectivity index (χ3n) is 3.93. The smallest absolute Gasteiger partial charge is 0.335 e. The monoisotopic (exact) mass is 315 g/mol. The summed E-state index contributed by atoms with van der Waals surface area (Å²) in [5.74, 6) is -0.974. The number of aryl methyl sites for hydroxylation is 2. The van der Waals surface area contributed by atoms with Gasteiger partial charge in [0.2, 0.25) is 5.91 Å². The highest BCUT2D eigenvalue weighted by molar-refractivity contribution is 5.87. The van der Waals surface area contributed by atoms with Crippen molar-refractivity contribution in [2.75, 3.05) is 6.54 Å². The molecule has 1 aromatic carbocycles. The van der Waals surface area contributed by atoms with Crippen LogP contribution in [0.5, 0.6) is 0 Å². The van der Waals surface area contributed by atoms with Crippen LogP contribution in [0.2, 0.25) is 0 Å². The summed E-state index contributed by atoms with van der Waals surface area (Å²) in [5, 5.41) is 16.0. The summed E-state index contributed by atoms with van der Waals surface area (Å²) in [6, 6.07) is 6.68. The fourth-order valence-electron chi connectivity index (χ4n) is 2.46. The zero-order chi connectivity index (χ0) is 17.0. The van der Waals surface area contributed by atoms with Crippen molar-refractivity contribution < 1.29 is 14.7 Å². The van der Waals surface area contributed by atoms with Gasteiger partial charge >= 0.3 is 5.97 Å². The zero-order valence-corrected chi connectivity index (χ0v) is 13.6. The van der Waals surface area contributed by atoms with Crippen LogP contribution in [0.1, 0.15) is 32.9 Å². The Morgan fingerprint density at radius 2 is 1.87 bits per heavy atom. The summed E-state index contributed by atoms with van der Waals surface area (Å²) >= 11 is 0. The number of rotatable bonds is 6. The maximum absolute atomic E-state index is 12.0. The topological polar surface area (TPSA) is 84.2 Å². The lowest BCUT2D eigenvalue weighted by Crippen LogP contribution is -2.27. The molecule has 0 spiro atoms. The quantitative estimate of drug-likeness (QED) is 0.848. The number of aromatic nitrogens is 2. The lowest BCUT2D eigenvalue weighted by Gasteiger charge is -2.06. The Hall–Kier alpha value is -2.63. The molecule has 122 valence electrons. The van der Waals surface area contributed by atoms with Crippen molar-refractivity contribution in [3.05, 3.63) is 52.3 Å². The molecule has 2 aromatic rings. The second kappa shape index (κ2) is 7.09. The molecule has 0 aliphatic rings. The van der Waals surface area contributed by atoms with Crippen molar-refractivity contribution in [3.63, 3.8) is 0 Å². The number of benzene rings is 1. The van der Waals surface area contributed by atoms with E-state index in [9.17, 15) is 9.59 Å². The van der Waals surface area contributed by atoms with Crippen LogP contribution in [0.3, 0.4) is 0 Å². The minimum Gasteiger partial charge on any atom is -0.478 e. The highest BCUT2D eigenvalue weighted by Crippen LogP contribution is 2.12. The summed E-state index contributed by atoms with van der Waals surface area (Å²) in [4.78, 5) is 22.8. The molecule has 1 heterocycles. The van der Waals surface area contributed by atoms with Gasteiger partial charge in [0.05, 0.1) is 17.7 Å². The van der Waals surface area contributed by atoms with Crippen LogP contribution in [-0.2, 0) is 24.7 Å². The van der Waals surface area contributed by atoms with Gasteiger partial charge in [0.25, 0.3) is 0 Å². The van der Waals surface area contributed by atoms with Crippen LogP contribution < -0.4 is 5.32 Å². The van der Waals surface area contributed by atoms with Gasteiger partial charge in [-0.05, 0) is 38.0 Å². The normalized spacial score (nSPS) is 10.6. The van der Waals surface area contributed by atoms with Crippen molar-refractivity contribution in [2.45, 2.75) is 26.7 Å². The molecular weight excluding hydrogens is 294 g/mol. The summed E-state index contributed by atoms with van der Waals surface area (Å²) in [7, 11) is 1.87. The Bertz CT molecular complexity index is 717. The van der Waals surface area contributed by atoms with Gasteiger partial charge in [-0.1, -0.05) is 12.1 Å². The first-order valence-electron chi connectivity index (χ1n) is 7.46. The average molecular weight is 315 g/mol. The molecule has 0 radical (unpaired) electrons. The highest BCUT2D eigenvalue weighted by atomic mass is 16.4. The fourth-order valence-corrected chi connectivity index (χ4v) is 2.46. The number of carbonyl (C=O) groups is 2. The lowest BCUT2D eigenvalue weighted by atomic mass is 10.1. The summed E-state index contributed by atoms with van der Waals surface area (Å²) in [6.45, 7) is 4.37. The fraction of sp³-hybridized carbons (Fsp3) is 0.353. The highest BCUT2D eigenvalue weighted by Gasteiger charge is 2.13. The van der Waals surface area contributed by atoms with E-state index in [1.54, 1.807) is 28.9 Å². The van der Waals surface area contributed by atoms with Gasteiger partial charge < -0.3 is 10.4 Å². The van der Waals surface area contributed by atoms with E-state index in [2.05, 4.69) is 10.4 Å². The van der Waals surface area contributed by atoms with Crippen LogP contribution in [0.15, 0.2) is 24.3 Å². The zero-order valence-electron chi connectivity index (χ0n) is 13.6. The Morgan fingerprint density at radius 3 is 2.39 bits per heavy atom. The van der Waals surface area contributed by atoms with E-state index in [0.29, 0.717) is 19.4 Å². The second-order valence-electron chi connectivity index (χ2n) is 5.55. The Balaban J connectivity index is 1.84. The van der Waals surface area contributed by atoms with E-state index in [1.165, 1.54) is 0 Å². The van der Waals surface area contributed by atoms with E-state index in [4.69, 9.17) is 5.11 Å². The molecule has 1 amide bonds. The third kappa shape index (κ3) is 4.18. The lowest BCUT2D eigenvalue weighted by molar-refractivity contribution is -0.120. The number of carbonyl (C=O) groups excluding carboxylic acids is 1. The van der Waals surface area contributed by atoms with Crippen molar-refractivity contribution in [2.24, 2.45) is 7.05 Å². The van der Waals surface area contributed by atoms with Crippen LogP contribution >= 0.6 is 0 Å². The van der Waals surface area contributed by atoms with Gasteiger partial charge in [0.15, 0.2) is 0 Å². The molecule has 2 N–H and O–H groups in total. The van der Waals surface area contributed by atoms with Gasteiger partial charge in [-0.2, -0.15) is 5.10 Å². The molecule has 2 rings (SSSR count). The second-order valence-corrected chi connectivity index (χ2v) is 5.55. The third-order valence-corrected chi connectivity index (χ3v) is 3.93. The van der Waals surface area contributed by atoms with Gasteiger partial charge in [-0.25, -0.2) is 4.79 Å². The Kier molecular flexibility index (Phi) is 5.16. The van der Waals surface area contributed by atoms with Crippen molar-refractivity contribution >= 4 is 11.9 Å². The van der Waals surface area contributed by atoms with E-state index >= 15 is 0 Å². The molecule has 0 fully saturated rings. The minimum atomic E-state index is -0.938. The van der Waals surface area contributed by atoms with Crippen LogP contribution in [0.25, 0.3) is 0 Å². The molecule has 0 saturated carbocycles. The molecule has 1 aromatic heterocycles. The average Bonchev–Trinajstić information content (AvgIpc) is 2.74. The van der Waals surface area contributed by atoms with Gasteiger partial charge in [-0.15, -0.1) is 0 Å². The van der Waals surface area contributed by atoms with E-state index in [1.807, 2.05) is 20.9 Å². The van der Waals surface area contributed by atoms with E-state index in [0.717, 1.165) is 22.5 Å². The predicted octanol–water partition coefficient (Wildman–Crippen LogP) is 1.64. The Labute approximate surface area is 135 Å². The molecule has 0 aliphatic heterocycles. The molecule has 23 heavy (non-hydrogen) atoms. The number of hydrogen-bond acceptors (Lipinski definition) is 3. The molecule has 0 bridgehead atoms. The Morgan fingerprint density at radius 1 is 1.22 bits per heavy atom. The van der Waals surface area contributed by atoms with Crippen molar-refractivity contribution in [1.82, 2.24) is 15.1 Å². The van der Waals surface area contributed by atoms with Gasteiger partial charge in [-0.3, -0.25) is 9.48 Å². The van der Waals surface area contributed by atoms with Crippen LogP contribution in [-0.4, -0.2) is 33.3 Å². The maximum atomic E-state index is 12.0. The molecule has 0 unspecified atom stereocenters. The minimum absolute atomic E-state index is 0.0358. The van der Waals surface area contributed by atoms with E-state index in [-0.39, 0.29) is 11.5 Å². The number of carboxylic acid groups (broad SMARTS) is 1.